The highest BCUT2D eigenvalue weighted by Gasteiger charge is 2.13. The molecule has 112 valence electrons. The van der Waals surface area contributed by atoms with E-state index in [2.05, 4.69) is 56.4 Å². The highest BCUT2D eigenvalue weighted by atomic mass is 35.5. The van der Waals surface area contributed by atoms with Crippen molar-refractivity contribution in [2.24, 2.45) is 0 Å². The first kappa shape index (κ1) is 16.4. The summed E-state index contributed by atoms with van der Waals surface area (Å²) in [6.07, 6.45) is 0. The summed E-state index contributed by atoms with van der Waals surface area (Å²) in [7, 11) is 0. The van der Waals surface area contributed by atoms with E-state index in [1.807, 2.05) is 23.9 Å². The smallest absolute Gasteiger partial charge is 0.0417 e. The zero-order chi connectivity index (χ0) is 15.2. The summed E-state index contributed by atoms with van der Waals surface area (Å²) in [6.45, 7) is 7.46. The third-order valence-corrected chi connectivity index (χ3v) is 4.84. The molecule has 2 aromatic carbocycles. The van der Waals surface area contributed by atoms with Crippen molar-refractivity contribution >= 4 is 23.4 Å². The number of hydrogen-bond donors (Lipinski definition) is 1. The lowest BCUT2D eigenvalue weighted by atomic mass is 10.0. The Morgan fingerprint density at radius 3 is 2.43 bits per heavy atom. The van der Waals surface area contributed by atoms with E-state index in [4.69, 9.17) is 11.6 Å². The van der Waals surface area contributed by atoms with Crippen LogP contribution in [0.3, 0.4) is 0 Å². The van der Waals surface area contributed by atoms with E-state index < -0.39 is 0 Å². The molecule has 1 atom stereocenters. The highest BCUT2D eigenvalue weighted by Crippen LogP contribution is 2.27. The molecule has 0 aromatic heterocycles. The van der Waals surface area contributed by atoms with Crippen LogP contribution in [0, 0.1) is 13.8 Å². The first-order valence-electron chi connectivity index (χ1n) is 7.29. The van der Waals surface area contributed by atoms with E-state index in [0.29, 0.717) is 6.04 Å². The van der Waals surface area contributed by atoms with Gasteiger partial charge in [0.2, 0.25) is 0 Å². The second kappa shape index (κ2) is 7.88. The van der Waals surface area contributed by atoms with Crippen molar-refractivity contribution in [2.45, 2.75) is 31.7 Å². The van der Waals surface area contributed by atoms with Crippen LogP contribution in [0.25, 0.3) is 0 Å². The SMILES string of the molecule is CCNC(CSc1ccc(Cl)cc1)c1ccc(C)cc1C. The molecular formula is C18H22ClNS. The Labute approximate surface area is 137 Å². The van der Waals surface area contributed by atoms with Gasteiger partial charge in [-0.15, -0.1) is 11.8 Å². The molecule has 0 saturated carbocycles. The van der Waals surface area contributed by atoms with E-state index in [1.54, 1.807) is 0 Å². The number of aryl methyl sites for hydroxylation is 2. The van der Waals surface area contributed by atoms with E-state index in [9.17, 15) is 0 Å². The molecule has 2 rings (SSSR count). The molecule has 3 heteroatoms. The number of thioether (sulfide) groups is 1. The molecule has 1 nitrogen and oxygen atoms in total. The summed E-state index contributed by atoms with van der Waals surface area (Å²) in [5.41, 5.74) is 4.07. The second-order valence-electron chi connectivity index (χ2n) is 5.24. The van der Waals surface area contributed by atoms with Gasteiger partial charge in [0, 0.05) is 21.7 Å². The monoisotopic (exact) mass is 319 g/mol. The largest absolute Gasteiger partial charge is 0.309 e. The molecule has 0 aliphatic carbocycles. The average molecular weight is 320 g/mol. The standard InChI is InChI=1S/C18H22ClNS/c1-4-20-18(17-10-5-13(2)11-14(17)3)12-21-16-8-6-15(19)7-9-16/h5-11,18,20H,4,12H2,1-3H3. The maximum absolute atomic E-state index is 5.93. The zero-order valence-electron chi connectivity index (χ0n) is 12.8. The predicted molar refractivity (Wildman–Crippen MR) is 94.5 cm³/mol. The average Bonchev–Trinajstić information content (AvgIpc) is 2.46. The van der Waals surface area contributed by atoms with E-state index in [-0.39, 0.29) is 0 Å². The van der Waals surface area contributed by atoms with Crippen molar-refractivity contribution in [1.29, 1.82) is 0 Å². The molecule has 0 bridgehead atoms. The van der Waals surface area contributed by atoms with Gasteiger partial charge in [0.1, 0.15) is 0 Å². The van der Waals surface area contributed by atoms with Crippen LogP contribution in [0.5, 0.6) is 0 Å². The van der Waals surface area contributed by atoms with Gasteiger partial charge in [0.15, 0.2) is 0 Å². The molecule has 0 radical (unpaired) electrons. The van der Waals surface area contributed by atoms with Crippen LogP contribution in [0.15, 0.2) is 47.4 Å². The Morgan fingerprint density at radius 1 is 1.10 bits per heavy atom. The van der Waals surface area contributed by atoms with Crippen LogP contribution in [0.4, 0.5) is 0 Å². The lowest BCUT2D eigenvalue weighted by molar-refractivity contribution is 0.603. The summed E-state index contributed by atoms with van der Waals surface area (Å²) in [4.78, 5) is 1.26. The van der Waals surface area contributed by atoms with Crippen molar-refractivity contribution in [3.8, 4) is 0 Å². The number of rotatable bonds is 6. The van der Waals surface area contributed by atoms with E-state index in [0.717, 1.165) is 17.3 Å². The number of nitrogens with one attached hydrogen (secondary N) is 1. The Bertz CT molecular complexity index is 580. The van der Waals surface area contributed by atoms with Crippen LogP contribution >= 0.6 is 23.4 Å². The zero-order valence-corrected chi connectivity index (χ0v) is 14.4. The van der Waals surface area contributed by atoms with Gasteiger partial charge in [0.25, 0.3) is 0 Å². The number of benzene rings is 2. The summed E-state index contributed by atoms with van der Waals surface area (Å²) in [5, 5.41) is 4.38. The van der Waals surface area contributed by atoms with E-state index in [1.165, 1.54) is 21.6 Å². The van der Waals surface area contributed by atoms with Gasteiger partial charge < -0.3 is 5.32 Å². The van der Waals surface area contributed by atoms with E-state index >= 15 is 0 Å². The first-order valence-corrected chi connectivity index (χ1v) is 8.65. The van der Waals surface area contributed by atoms with Crippen molar-refractivity contribution in [2.75, 3.05) is 12.3 Å². The minimum Gasteiger partial charge on any atom is -0.309 e. The summed E-state index contributed by atoms with van der Waals surface area (Å²) >= 11 is 7.80. The summed E-state index contributed by atoms with van der Waals surface area (Å²) in [6, 6.07) is 15.1. The lowest BCUT2D eigenvalue weighted by Gasteiger charge is -2.20. The van der Waals surface area contributed by atoms with Gasteiger partial charge in [-0.25, -0.2) is 0 Å². The second-order valence-corrected chi connectivity index (χ2v) is 6.77. The fourth-order valence-electron chi connectivity index (χ4n) is 2.43. The maximum atomic E-state index is 5.93. The molecular weight excluding hydrogens is 298 g/mol. The molecule has 1 N–H and O–H groups in total. The molecule has 0 aliphatic rings. The third-order valence-electron chi connectivity index (χ3n) is 3.48. The third kappa shape index (κ3) is 4.77. The van der Waals surface area contributed by atoms with Crippen molar-refractivity contribution in [3.63, 3.8) is 0 Å². The van der Waals surface area contributed by atoms with Crippen LogP contribution in [-0.4, -0.2) is 12.3 Å². The van der Waals surface area contributed by atoms with Crippen LogP contribution < -0.4 is 5.32 Å². The molecule has 1 unspecified atom stereocenters. The van der Waals surface area contributed by atoms with Gasteiger partial charge >= 0.3 is 0 Å². The van der Waals surface area contributed by atoms with Gasteiger partial charge in [-0.3, -0.25) is 0 Å². The first-order chi connectivity index (χ1) is 10.1. The van der Waals surface area contributed by atoms with Crippen molar-refractivity contribution in [3.05, 3.63) is 64.2 Å². The molecule has 2 aromatic rings. The molecule has 0 fully saturated rings. The van der Waals surface area contributed by atoms with Crippen LogP contribution in [0.2, 0.25) is 5.02 Å². The highest BCUT2D eigenvalue weighted by molar-refractivity contribution is 7.99. The van der Waals surface area contributed by atoms with Crippen LogP contribution in [-0.2, 0) is 0 Å². The topological polar surface area (TPSA) is 12.0 Å². The van der Waals surface area contributed by atoms with Gasteiger partial charge in [0.05, 0.1) is 0 Å². The molecule has 0 heterocycles. The number of hydrogen-bond acceptors (Lipinski definition) is 2. The maximum Gasteiger partial charge on any atom is 0.0417 e. The lowest BCUT2D eigenvalue weighted by Crippen LogP contribution is -2.23. The summed E-state index contributed by atoms with van der Waals surface area (Å²) in [5.74, 6) is 1.01. The molecule has 0 spiro atoms. The Balaban J connectivity index is 2.09. The fourth-order valence-corrected chi connectivity index (χ4v) is 3.54. The molecule has 21 heavy (non-hydrogen) atoms. The van der Waals surface area contributed by atoms with Gasteiger partial charge in [-0.05, 0) is 55.8 Å². The van der Waals surface area contributed by atoms with Gasteiger partial charge in [-0.2, -0.15) is 0 Å². The molecule has 0 amide bonds. The van der Waals surface area contributed by atoms with Crippen molar-refractivity contribution in [1.82, 2.24) is 5.32 Å². The summed E-state index contributed by atoms with van der Waals surface area (Å²) < 4.78 is 0. The normalized spacial score (nSPS) is 12.4. The Morgan fingerprint density at radius 2 is 1.81 bits per heavy atom. The molecule has 0 saturated heterocycles. The van der Waals surface area contributed by atoms with Crippen LogP contribution in [0.1, 0.15) is 29.7 Å². The minimum absolute atomic E-state index is 0.372. The Hall–Kier alpha value is -0.960. The van der Waals surface area contributed by atoms with Gasteiger partial charge in [-0.1, -0.05) is 42.3 Å². The predicted octanol–water partition coefficient (Wildman–Crippen LogP) is 5.40. The Kier molecular flexibility index (Phi) is 6.16. The molecule has 0 aliphatic heterocycles. The minimum atomic E-state index is 0.372. The fraction of sp³-hybridized carbons (Fsp3) is 0.333. The van der Waals surface area contributed by atoms with Crippen molar-refractivity contribution < 1.29 is 0 Å². The number of halogens is 1. The quantitative estimate of drug-likeness (QED) is 0.715.